The largest absolute Gasteiger partial charge is 0.467 e. The number of furan rings is 1. The normalized spacial score (nSPS) is 20.0. The Bertz CT molecular complexity index is 1210. The Kier molecular flexibility index (Phi) is 3.74. The van der Waals surface area contributed by atoms with Gasteiger partial charge in [0.2, 0.25) is 0 Å². The molecule has 0 spiro atoms. The monoisotopic (exact) mass is 360 g/mol. The highest BCUT2D eigenvalue weighted by Crippen LogP contribution is 2.28. The average molecular weight is 360 g/mol. The summed E-state index contributed by atoms with van der Waals surface area (Å²) >= 11 is 0. The summed E-state index contributed by atoms with van der Waals surface area (Å²) in [6, 6.07) is 5.86. The first-order chi connectivity index (χ1) is 13.3. The van der Waals surface area contributed by atoms with Gasteiger partial charge in [0, 0.05) is 24.4 Å². The number of hydrogen-bond acceptors (Lipinski definition) is 3. The van der Waals surface area contributed by atoms with Crippen LogP contribution in [0.15, 0.2) is 70.5 Å². The van der Waals surface area contributed by atoms with Crippen molar-refractivity contribution in [3.63, 3.8) is 0 Å². The minimum atomic E-state index is -0.208. The number of H-pyrrole nitrogens is 1. The van der Waals surface area contributed by atoms with Crippen LogP contribution < -0.4 is 10.7 Å². The molecule has 134 valence electrons. The Labute approximate surface area is 154 Å². The van der Waals surface area contributed by atoms with Crippen molar-refractivity contribution < 1.29 is 8.81 Å². The van der Waals surface area contributed by atoms with Gasteiger partial charge in [0.05, 0.1) is 29.8 Å². The molecule has 1 aliphatic carbocycles. The molecule has 6 heteroatoms. The first-order valence-corrected chi connectivity index (χ1v) is 8.83. The van der Waals surface area contributed by atoms with Crippen LogP contribution in [-0.4, -0.2) is 20.7 Å². The number of aromatic nitrogens is 3. The summed E-state index contributed by atoms with van der Waals surface area (Å²) in [6.07, 6.45) is 13.4. The second-order valence-corrected chi connectivity index (χ2v) is 6.54. The maximum Gasteiger partial charge on any atom is 0.137 e. The fourth-order valence-corrected chi connectivity index (χ4v) is 3.60. The van der Waals surface area contributed by atoms with Crippen LogP contribution in [0.25, 0.3) is 11.1 Å². The van der Waals surface area contributed by atoms with E-state index in [0.717, 1.165) is 39.0 Å². The summed E-state index contributed by atoms with van der Waals surface area (Å²) in [5, 5.41) is 1.90. The predicted octanol–water partition coefficient (Wildman–Crippen LogP) is 3.12. The number of allylic oxidation sites excluding steroid dienone is 4. The number of nitrogens with zero attached hydrogens (tertiary/aromatic N) is 3. The zero-order chi connectivity index (χ0) is 18.2. The highest BCUT2D eigenvalue weighted by molar-refractivity contribution is 5.88. The van der Waals surface area contributed by atoms with Crippen molar-refractivity contribution in [1.29, 1.82) is 0 Å². The number of halogens is 1. The third-order valence-corrected chi connectivity index (χ3v) is 4.86. The minimum absolute atomic E-state index is 0.208. The molecular weight excluding hydrogens is 343 g/mol. The van der Waals surface area contributed by atoms with Crippen LogP contribution in [0.4, 0.5) is 10.2 Å². The molecule has 5 nitrogen and oxygen atoms in total. The fraction of sp³-hybridized carbons (Fsp3) is 0.143. The van der Waals surface area contributed by atoms with E-state index in [1.807, 2.05) is 43.0 Å². The lowest BCUT2D eigenvalue weighted by atomic mass is 10.0. The van der Waals surface area contributed by atoms with Gasteiger partial charge >= 0.3 is 0 Å². The molecule has 1 aliphatic heterocycles. The molecular formula is C21H17FN4O. The van der Waals surface area contributed by atoms with Crippen molar-refractivity contribution in [3.05, 3.63) is 83.1 Å². The Hall–Kier alpha value is -3.41. The van der Waals surface area contributed by atoms with E-state index in [1.165, 1.54) is 6.08 Å². The summed E-state index contributed by atoms with van der Waals surface area (Å²) in [5.41, 5.74) is 3.22. The molecule has 0 fully saturated rings. The third-order valence-electron chi connectivity index (χ3n) is 4.86. The molecule has 0 aromatic carbocycles. The molecule has 3 aromatic rings. The molecule has 5 rings (SSSR count). The number of aliphatic imine (C=N–C) groups is 1. The zero-order valence-corrected chi connectivity index (χ0v) is 14.5. The first-order valence-electron chi connectivity index (χ1n) is 8.83. The zero-order valence-electron chi connectivity index (χ0n) is 14.5. The quantitative estimate of drug-likeness (QED) is 0.763. The Morgan fingerprint density at radius 1 is 1.22 bits per heavy atom. The van der Waals surface area contributed by atoms with Crippen molar-refractivity contribution in [2.45, 2.75) is 19.4 Å². The Balaban J connectivity index is 1.79. The standard InChI is InChI=1S/C21H17FN4O/c22-15-5-3-14(4-6-15)19-20(17-7-9-23-21-18(17)8-10-24-21)26(13-25-19)12-16-2-1-11-27-16/h1-3,5-6,8-11,13,24H,4,7,12H2. The van der Waals surface area contributed by atoms with Gasteiger partial charge in [-0.25, -0.2) is 14.4 Å². The molecule has 4 heterocycles. The maximum atomic E-state index is 13.4. The number of nitrogens with one attached hydrogen (secondary N) is 1. The van der Waals surface area contributed by atoms with Crippen LogP contribution in [0.2, 0.25) is 0 Å². The van der Waals surface area contributed by atoms with Crippen molar-refractivity contribution in [3.8, 4) is 0 Å². The minimum Gasteiger partial charge on any atom is -0.467 e. The first kappa shape index (κ1) is 15.8. The van der Waals surface area contributed by atoms with Gasteiger partial charge in [-0.15, -0.1) is 0 Å². The van der Waals surface area contributed by atoms with Crippen molar-refractivity contribution in [2.24, 2.45) is 4.99 Å². The highest BCUT2D eigenvalue weighted by Gasteiger charge is 2.17. The van der Waals surface area contributed by atoms with Gasteiger partial charge in [-0.2, -0.15) is 0 Å². The van der Waals surface area contributed by atoms with E-state index in [0.29, 0.717) is 19.4 Å². The van der Waals surface area contributed by atoms with E-state index >= 15 is 0 Å². The summed E-state index contributed by atoms with van der Waals surface area (Å²) in [6.45, 7) is 0.580. The molecule has 27 heavy (non-hydrogen) atoms. The fourth-order valence-electron chi connectivity index (χ4n) is 3.60. The highest BCUT2D eigenvalue weighted by atomic mass is 19.1. The van der Waals surface area contributed by atoms with Gasteiger partial charge in [-0.05, 0) is 47.9 Å². The molecule has 0 amide bonds. The van der Waals surface area contributed by atoms with Crippen LogP contribution in [0.1, 0.15) is 24.2 Å². The lowest BCUT2D eigenvalue weighted by molar-refractivity contribution is 0.490. The number of fused-ring (bicyclic) bond motifs is 1. The SMILES string of the molecule is FC1=CCC(=c2ncn(Cc3ccco3)c2=C2CC=Nc3[nH]ccc32)C=C1. The maximum absolute atomic E-state index is 13.4. The summed E-state index contributed by atoms with van der Waals surface area (Å²) < 4.78 is 21.1. The topological polar surface area (TPSA) is 59.1 Å². The van der Waals surface area contributed by atoms with Crippen molar-refractivity contribution >= 4 is 23.2 Å². The van der Waals surface area contributed by atoms with E-state index in [2.05, 4.69) is 19.5 Å². The molecule has 0 radical (unpaired) electrons. The summed E-state index contributed by atoms with van der Waals surface area (Å²) in [5.74, 6) is 1.50. The second kappa shape index (κ2) is 6.39. The second-order valence-electron chi connectivity index (χ2n) is 6.54. The van der Waals surface area contributed by atoms with Crippen LogP contribution >= 0.6 is 0 Å². The van der Waals surface area contributed by atoms with Gasteiger partial charge in [-0.3, -0.25) is 0 Å². The lowest BCUT2D eigenvalue weighted by Crippen LogP contribution is -2.35. The van der Waals surface area contributed by atoms with E-state index < -0.39 is 0 Å². The number of rotatable bonds is 2. The lowest BCUT2D eigenvalue weighted by Gasteiger charge is -2.11. The number of aromatic amines is 1. The number of hydrogen-bond donors (Lipinski definition) is 1. The van der Waals surface area contributed by atoms with Crippen molar-refractivity contribution in [1.82, 2.24) is 14.5 Å². The van der Waals surface area contributed by atoms with E-state index in [4.69, 9.17) is 4.42 Å². The molecule has 0 bridgehead atoms. The Morgan fingerprint density at radius 2 is 2.19 bits per heavy atom. The molecule has 0 saturated carbocycles. The van der Waals surface area contributed by atoms with Crippen LogP contribution in [0.3, 0.4) is 0 Å². The van der Waals surface area contributed by atoms with Crippen LogP contribution in [0, 0.1) is 0 Å². The summed E-state index contributed by atoms with van der Waals surface area (Å²) in [7, 11) is 0. The van der Waals surface area contributed by atoms with E-state index in [-0.39, 0.29) is 5.83 Å². The van der Waals surface area contributed by atoms with E-state index in [9.17, 15) is 4.39 Å². The molecule has 2 aliphatic rings. The van der Waals surface area contributed by atoms with Gasteiger partial charge in [-0.1, -0.05) is 6.08 Å². The summed E-state index contributed by atoms with van der Waals surface area (Å²) in [4.78, 5) is 12.3. The third kappa shape index (κ3) is 2.79. The van der Waals surface area contributed by atoms with Gasteiger partial charge < -0.3 is 14.0 Å². The molecule has 1 N–H and O–H groups in total. The number of imidazole rings is 1. The molecule has 0 saturated heterocycles. The molecule has 0 unspecified atom stereocenters. The predicted molar refractivity (Wildman–Crippen MR) is 102 cm³/mol. The van der Waals surface area contributed by atoms with E-state index in [1.54, 1.807) is 12.3 Å². The van der Waals surface area contributed by atoms with Crippen LogP contribution in [0.5, 0.6) is 0 Å². The molecule has 3 aromatic heterocycles. The average Bonchev–Trinajstić information content (AvgIpc) is 3.43. The van der Waals surface area contributed by atoms with Gasteiger partial charge in [0.25, 0.3) is 0 Å². The van der Waals surface area contributed by atoms with Gasteiger partial charge in [0.1, 0.15) is 17.4 Å². The Morgan fingerprint density at radius 3 is 3.00 bits per heavy atom. The van der Waals surface area contributed by atoms with Crippen LogP contribution in [-0.2, 0) is 6.54 Å². The molecule has 0 atom stereocenters. The smallest absolute Gasteiger partial charge is 0.137 e. The van der Waals surface area contributed by atoms with Gasteiger partial charge in [0.15, 0.2) is 0 Å². The van der Waals surface area contributed by atoms with Crippen molar-refractivity contribution in [2.75, 3.05) is 0 Å².